The quantitative estimate of drug-likeness (QED) is 0.651. The van der Waals surface area contributed by atoms with E-state index in [2.05, 4.69) is 15.2 Å². The summed E-state index contributed by atoms with van der Waals surface area (Å²) >= 11 is 0. The third kappa shape index (κ3) is 4.53. The first kappa shape index (κ1) is 20.5. The lowest BCUT2D eigenvalue weighted by Crippen LogP contribution is -2.36. The number of aromatic nitrogens is 1. The van der Waals surface area contributed by atoms with Gasteiger partial charge in [-0.1, -0.05) is 12.1 Å². The molecule has 0 bridgehead atoms. The molecule has 1 aromatic carbocycles. The van der Waals surface area contributed by atoms with Crippen LogP contribution >= 0.6 is 0 Å². The van der Waals surface area contributed by atoms with Gasteiger partial charge in [-0.25, -0.2) is 8.78 Å². The molecule has 2 fully saturated rings. The van der Waals surface area contributed by atoms with Crippen LogP contribution in [0.5, 0.6) is 0 Å². The maximum atomic E-state index is 13.4. The zero-order valence-electron chi connectivity index (χ0n) is 16.7. The van der Waals surface area contributed by atoms with Crippen molar-refractivity contribution in [3.05, 3.63) is 58.0 Å². The summed E-state index contributed by atoms with van der Waals surface area (Å²) in [6.07, 6.45) is 1.86. The second kappa shape index (κ2) is 8.55. The van der Waals surface area contributed by atoms with Gasteiger partial charge in [0.2, 0.25) is 5.92 Å². The van der Waals surface area contributed by atoms with Crippen molar-refractivity contribution in [3.8, 4) is 0 Å². The molecule has 0 atom stereocenters. The molecule has 1 aliphatic carbocycles. The molecule has 160 valence electrons. The van der Waals surface area contributed by atoms with Gasteiger partial charge in [0.1, 0.15) is 0 Å². The summed E-state index contributed by atoms with van der Waals surface area (Å²) in [4.78, 5) is 17.4. The summed E-state index contributed by atoms with van der Waals surface area (Å²) in [6, 6.07) is 9.13. The molecule has 0 unspecified atom stereocenters. The molecule has 1 aliphatic heterocycles. The van der Waals surface area contributed by atoms with Gasteiger partial charge in [-0.3, -0.25) is 10.2 Å². The second-order valence-electron chi connectivity index (χ2n) is 7.89. The Morgan fingerprint density at radius 3 is 2.47 bits per heavy atom. The van der Waals surface area contributed by atoms with Gasteiger partial charge in [-0.05, 0) is 31.0 Å². The summed E-state index contributed by atoms with van der Waals surface area (Å²) in [5.41, 5.74) is 2.16. The minimum Gasteiger partial charge on any atom is -0.382 e. The van der Waals surface area contributed by atoms with Crippen molar-refractivity contribution >= 4 is 17.1 Å². The third-order valence-electron chi connectivity index (χ3n) is 5.82. The van der Waals surface area contributed by atoms with E-state index < -0.39 is 5.92 Å². The normalized spacial score (nSPS) is 19.5. The topological polar surface area (TPSA) is 81.2 Å². The van der Waals surface area contributed by atoms with Crippen LogP contribution in [0, 0.1) is 5.41 Å². The van der Waals surface area contributed by atoms with Crippen LogP contribution in [-0.4, -0.2) is 49.0 Å². The van der Waals surface area contributed by atoms with Crippen molar-refractivity contribution < 1.29 is 13.5 Å². The number of hydrogen-bond acceptors (Lipinski definition) is 5. The van der Waals surface area contributed by atoms with Crippen LogP contribution in [0.15, 0.2) is 41.3 Å². The van der Waals surface area contributed by atoms with Gasteiger partial charge in [-0.15, -0.1) is 0 Å². The minimum atomic E-state index is -2.61. The predicted octanol–water partition coefficient (Wildman–Crippen LogP) is 3.62. The number of aromatic amines is 1. The number of nitrogens with one attached hydrogen (secondary N) is 3. The highest BCUT2D eigenvalue weighted by Crippen LogP contribution is 2.34. The standard InChI is InChI=1S/C22H26F2N4O2/c23-22(24)8-5-16(6-9-22)27-18-7-10-26-21(29)19(18)20(25)15-1-3-17(4-2-15)28-11-13-30-14-12-28/h1-4,7,10,16,25H,5-6,8-9,11-14H2,(H2,26,27,29). The molecule has 8 heteroatoms. The minimum absolute atomic E-state index is 0.106. The Labute approximate surface area is 173 Å². The zero-order chi connectivity index (χ0) is 21.1. The summed E-state index contributed by atoms with van der Waals surface area (Å²) in [7, 11) is 0. The number of benzene rings is 1. The molecule has 6 nitrogen and oxygen atoms in total. The lowest BCUT2D eigenvalue weighted by Gasteiger charge is -2.30. The maximum absolute atomic E-state index is 13.4. The van der Waals surface area contributed by atoms with Gasteiger partial charge < -0.3 is 19.9 Å². The molecular weight excluding hydrogens is 390 g/mol. The lowest BCUT2D eigenvalue weighted by atomic mass is 9.91. The maximum Gasteiger partial charge on any atom is 0.259 e. The molecule has 2 heterocycles. The fraction of sp³-hybridized carbons (Fsp3) is 0.455. The van der Waals surface area contributed by atoms with Crippen LogP contribution in [0.3, 0.4) is 0 Å². The van der Waals surface area contributed by atoms with Crippen LogP contribution in [0.2, 0.25) is 0 Å². The SMILES string of the molecule is N=C(c1ccc(N2CCOCC2)cc1)c1c(NC2CCC(F)(F)CC2)cc[nH]c1=O. The van der Waals surface area contributed by atoms with Crippen LogP contribution < -0.4 is 15.8 Å². The molecule has 1 saturated carbocycles. The van der Waals surface area contributed by atoms with E-state index in [1.54, 1.807) is 6.07 Å². The molecule has 3 N–H and O–H groups in total. The molecule has 1 aromatic heterocycles. The highest BCUT2D eigenvalue weighted by atomic mass is 19.3. The average Bonchev–Trinajstić information content (AvgIpc) is 2.76. The Kier molecular flexibility index (Phi) is 5.85. The number of morpholine rings is 1. The van der Waals surface area contributed by atoms with E-state index >= 15 is 0 Å². The van der Waals surface area contributed by atoms with Crippen molar-refractivity contribution in [2.75, 3.05) is 36.5 Å². The van der Waals surface area contributed by atoms with Gasteiger partial charge in [0.25, 0.3) is 5.56 Å². The largest absolute Gasteiger partial charge is 0.382 e. The van der Waals surface area contributed by atoms with E-state index in [4.69, 9.17) is 10.1 Å². The molecule has 30 heavy (non-hydrogen) atoms. The molecular formula is C22H26F2N4O2. The van der Waals surface area contributed by atoms with Crippen LogP contribution in [0.1, 0.15) is 36.8 Å². The summed E-state index contributed by atoms with van der Waals surface area (Å²) in [5, 5.41) is 11.9. The van der Waals surface area contributed by atoms with E-state index in [0.29, 0.717) is 37.3 Å². The molecule has 2 aromatic rings. The van der Waals surface area contributed by atoms with Crippen molar-refractivity contribution in [1.29, 1.82) is 5.41 Å². The first-order chi connectivity index (χ1) is 14.4. The Bertz CT molecular complexity index is 942. The highest BCUT2D eigenvalue weighted by molar-refractivity contribution is 6.13. The average molecular weight is 416 g/mol. The molecule has 0 spiro atoms. The number of anilines is 2. The second-order valence-corrected chi connectivity index (χ2v) is 7.89. The highest BCUT2D eigenvalue weighted by Gasteiger charge is 2.35. The number of halogens is 2. The first-order valence-corrected chi connectivity index (χ1v) is 10.3. The number of nitrogens with zero attached hydrogens (tertiary/aromatic N) is 1. The van der Waals surface area contributed by atoms with E-state index in [-0.39, 0.29) is 35.7 Å². The Morgan fingerprint density at radius 2 is 1.80 bits per heavy atom. The van der Waals surface area contributed by atoms with E-state index in [0.717, 1.165) is 18.8 Å². The van der Waals surface area contributed by atoms with Gasteiger partial charge in [-0.2, -0.15) is 0 Å². The van der Waals surface area contributed by atoms with Crippen LogP contribution in [0.25, 0.3) is 0 Å². The van der Waals surface area contributed by atoms with Crippen molar-refractivity contribution in [2.24, 2.45) is 0 Å². The fourth-order valence-corrected chi connectivity index (χ4v) is 4.06. The predicted molar refractivity (Wildman–Crippen MR) is 113 cm³/mol. The van der Waals surface area contributed by atoms with Gasteiger partial charge in [0.15, 0.2) is 0 Å². The summed E-state index contributed by atoms with van der Waals surface area (Å²) in [5.74, 6) is -2.61. The lowest BCUT2D eigenvalue weighted by molar-refractivity contribution is -0.0360. The van der Waals surface area contributed by atoms with Gasteiger partial charge in [0.05, 0.1) is 30.2 Å². The monoisotopic (exact) mass is 416 g/mol. The summed E-state index contributed by atoms with van der Waals surface area (Å²) in [6.45, 7) is 3.03. The molecule has 1 saturated heterocycles. The van der Waals surface area contributed by atoms with E-state index in [1.807, 2.05) is 24.3 Å². The van der Waals surface area contributed by atoms with Gasteiger partial charge >= 0.3 is 0 Å². The molecule has 4 rings (SSSR count). The van der Waals surface area contributed by atoms with Crippen molar-refractivity contribution in [3.63, 3.8) is 0 Å². The van der Waals surface area contributed by atoms with Crippen LogP contribution in [0.4, 0.5) is 20.2 Å². The number of pyridine rings is 1. The number of rotatable bonds is 5. The Balaban J connectivity index is 1.53. The number of H-pyrrole nitrogens is 1. The number of alkyl halides is 2. The Hall–Kier alpha value is -2.74. The summed E-state index contributed by atoms with van der Waals surface area (Å²) < 4.78 is 32.3. The van der Waals surface area contributed by atoms with Crippen molar-refractivity contribution in [2.45, 2.75) is 37.6 Å². The molecule has 0 amide bonds. The first-order valence-electron chi connectivity index (χ1n) is 10.3. The Morgan fingerprint density at radius 1 is 1.13 bits per heavy atom. The molecule has 2 aliphatic rings. The fourth-order valence-electron chi connectivity index (χ4n) is 4.06. The van der Waals surface area contributed by atoms with E-state index in [1.165, 1.54) is 6.20 Å². The van der Waals surface area contributed by atoms with E-state index in [9.17, 15) is 13.6 Å². The molecule has 0 radical (unpaired) electrons. The smallest absolute Gasteiger partial charge is 0.259 e. The number of hydrogen-bond donors (Lipinski definition) is 3. The van der Waals surface area contributed by atoms with Gasteiger partial charge in [0, 0.05) is 49.4 Å². The number of ether oxygens (including phenoxy) is 1. The van der Waals surface area contributed by atoms with Crippen LogP contribution in [-0.2, 0) is 4.74 Å². The van der Waals surface area contributed by atoms with Crippen molar-refractivity contribution in [1.82, 2.24) is 4.98 Å². The third-order valence-corrected chi connectivity index (χ3v) is 5.82. The zero-order valence-corrected chi connectivity index (χ0v) is 16.7.